The van der Waals surface area contributed by atoms with Gasteiger partial charge in [0.1, 0.15) is 11.6 Å². The predicted octanol–water partition coefficient (Wildman–Crippen LogP) is 6.52. The van der Waals surface area contributed by atoms with E-state index in [4.69, 9.17) is 0 Å². The second-order valence-electron chi connectivity index (χ2n) is 6.33. The van der Waals surface area contributed by atoms with Crippen molar-refractivity contribution in [1.29, 1.82) is 0 Å². The minimum Gasteiger partial charge on any atom is -0.207 e. The molecule has 0 N–H and O–H groups in total. The first kappa shape index (κ1) is 18.3. The van der Waals surface area contributed by atoms with Gasteiger partial charge in [0.25, 0.3) is 0 Å². The fourth-order valence-corrected chi connectivity index (χ4v) is 2.05. The number of hydrogen-bond donors (Lipinski definition) is 0. The van der Waals surface area contributed by atoms with Crippen LogP contribution in [0.25, 0.3) is 0 Å². The quantitative estimate of drug-likeness (QED) is 0.593. The molecule has 0 aromatic heterocycles. The smallest absolute Gasteiger partial charge is 0.126 e. The summed E-state index contributed by atoms with van der Waals surface area (Å²) in [5, 5.41) is 0. The van der Waals surface area contributed by atoms with Gasteiger partial charge >= 0.3 is 0 Å². The molecule has 0 amide bonds. The molecule has 0 saturated carbocycles. The number of halogens is 2. The van der Waals surface area contributed by atoms with E-state index in [1.54, 1.807) is 13.8 Å². The van der Waals surface area contributed by atoms with Crippen molar-refractivity contribution in [3.63, 3.8) is 0 Å². The summed E-state index contributed by atoms with van der Waals surface area (Å²) in [5.41, 5.74) is 3.86. The van der Waals surface area contributed by atoms with Crippen LogP contribution in [0.3, 0.4) is 0 Å². The Balaban J connectivity index is 0.000000220. The van der Waals surface area contributed by atoms with E-state index in [-0.39, 0.29) is 11.6 Å². The van der Waals surface area contributed by atoms with Gasteiger partial charge in [-0.3, -0.25) is 0 Å². The standard InChI is InChI=1S/2C10H13F/c2*1-7(2)9-4-5-10(11)8(3)6-9/h2*4-7H,1-3H3. The molecule has 0 aliphatic carbocycles. The van der Waals surface area contributed by atoms with E-state index >= 15 is 0 Å². The van der Waals surface area contributed by atoms with E-state index in [1.165, 1.54) is 23.3 Å². The van der Waals surface area contributed by atoms with Crippen LogP contribution in [0.4, 0.5) is 8.78 Å². The summed E-state index contributed by atoms with van der Waals surface area (Å²) in [4.78, 5) is 0. The zero-order valence-corrected chi connectivity index (χ0v) is 14.4. The van der Waals surface area contributed by atoms with Crippen molar-refractivity contribution in [2.75, 3.05) is 0 Å². The SMILES string of the molecule is Cc1cc(C(C)C)ccc1F.Cc1cc(C(C)C)ccc1F. The molecule has 0 bridgehead atoms. The van der Waals surface area contributed by atoms with Gasteiger partial charge in [-0.25, -0.2) is 8.78 Å². The lowest BCUT2D eigenvalue weighted by atomic mass is 10.0. The molecule has 0 aliphatic rings. The molecule has 0 radical (unpaired) electrons. The molecule has 2 heteroatoms. The number of benzene rings is 2. The van der Waals surface area contributed by atoms with E-state index in [0.717, 1.165) is 11.1 Å². The first-order valence-electron chi connectivity index (χ1n) is 7.74. The van der Waals surface area contributed by atoms with Crippen LogP contribution in [-0.2, 0) is 0 Å². The van der Waals surface area contributed by atoms with Crippen molar-refractivity contribution >= 4 is 0 Å². The van der Waals surface area contributed by atoms with Crippen LogP contribution in [0.5, 0.6) is 0 Å². The minimum absolute atomic E-state index is 0.116. The van der Waals surface area contributed by atoms with Crippen molar-refractivity contribution in [3.8, 4) is 0 Å². The van der Waals surface area contributed by atoms with E-state index in [0.29, 0.717) is 11.8 Å². The fourth-order valence-electron chi connectivity index (χ4n) is 2.05. The summed E-state index contributed by atoms with van der Waals surface area (Å²) in [7, 11) is 0. The van der Waals surface area contributed by atoms with Crippen LogP contribution in [0.1, 0.15) is 61.8 Å². The highest BCUT2D eigenvalue weighted by Crippen LogP contribution is 2.17. The lowest BCUT2D eigenvalue weighted by Crippen LogP contribution is -1.89. The number of hydrogen-bond acceptors (Lipinski definition) is 0. The van der Waals surface area contributed by atoms with Crippen LogP contribution >= 0.6 is 0 Å². The van der Waals surface area contributed by atoms with Gasteiger partial charge in [0.15, 0.2) is 0 Å². The van der Waals surface area contributed by atoms with E-state index in [2.05, 4.69) is 27.7 Å². The topological polar surface area (TPSA) is 0 Å². The Bertz CT molecular complexity index is 558. The fraction of sp³-hybridized carbons (Fsp3) is 0.400. The van der Waals surface area contributed by atoms with Crippen molar-refractivity contribution in [2.45, 2.75) is 53.4 Å². The molecule has 0 unspecified atom stereocenters. The van der Waals surface area contributed by atoms with Crippen LogP contribution in [0, 0.1) is 25.5 Å². The molecule has 0 aliphatic heterocycles. The Hall–Kier alpha value is -1.70. The zero-order chi connectivity index (χ0) is 16.9. The molecule has 2 rings (SSSR count). The summed E-state index contributed by atoms with van der Waals surface area (Å²) in [6.07, 6.45) is 0. The molecular weight excluding hydrogens is 278 g/mol. The highest BCUT2D eigenvalue weighted by atomic mass is 19.1. The van der Waals surface area contributed by atoms with Crippen molar-refractivity contribution in [3.05, 3.63) is 70.3 Å². The number of rotatable bonds is 2. The first-order valence-corrected chi connectivity index (χ1v) is 7.74. The monoisotopic (exact) mass is 304 g/mol. The maximum Gasteiger partial charge on any atom is 0.126 e. The van der Waals surface area contributed by atoms with Gasteiger partial charge < -0.3 is 0 Å². The van der Waals surface area contributed by atoms with Crippen LogP contribution in [0.15, 0.2) is 36.4 Å². The minimum atomic E-state index is -0.116. The lowest BCUT2D eigenvalue weighted by Gasteiger charge is -2.05. The third-order valence-corrected chi connectivity index (χ3v) is 3.70. The normalized spacial score (nSPS) is 10.6. The van der Waals surface area contributed by atoms with Crippen molar-refractivity contribution in [2.24, 2.45) is 0 Å². The first-order chi connectivity index (χ1) is 10.2. The molecule has 0 saturated heterocycles. The second-order valence-corrected chi connectivity index (χ2v) is 6.33. The van der Waals surface area contributed by atoms with Gasteiger partial charge in [0, 0.05) is 0 Å². The van der Waals surface area contributed by atoms with Crippen molar-refractivity contribution in [1.82, 2.24) is 0 Å². The maximum atomic E-state index is 12.8. The zero-order valence-electron chi connectivity index (χ0n) is 14.4. The van der Waals surface area contributed by atoms with E-state index in [9.17, 15) is 8.78 Å². The van der Waals surface area contributed by atoms with E-state index < -0.39 is 0 Å². The molecular formula is C20H26F2. The lowest BCUT2D eigenvalue weighted by molar-refractivity contribution is 0.616. The molecule has 0 nitrogen and oxygen atoms in total. The molecule has 120 valence electrons. The Morgan fingerprint density at radius 1 is 0.636 bits per heavy atom. The van der Waals surface area contributed by atoms with Crippen molar-refractivity contribution < 1.29 is 8.78 Å². The molecule has 0 heterocycles. The summed E-state index contributed by atoms with van der Waals surface area (Å²) < 4.78 is 25.5. The summed E-state index contributed by atoms with van der Waals surface area (Å²) in [5.74, 6) is 0.729. The largest absolute Gasteiger partial charge is 0.207 e. The van der Waals surface area contributed by atoms with Gasteiger partial charge in [0.05, 0.1) is 0 Å². The Morgan fingerprint density at radius 3 is 1.18 bits per heavy atom. The van der Waals surface area contributed by atoms with Crippen LogP contribution in [-0.4, -0.2) is 0 Å². The molecule has 2 aromatic rings. The molecule has 0 spiro atoms. The third-order valence-electron chi connectivity index (χ3n) is 3.70. The van der Waals surface area contributed by atoms with Gasteiger partial charge in [-0.2, -0.15) is 0 Å². The summed E-state index contributed by atoms with van der Waals surface area (Å²) >= 11 is 0. The Labute approximate surface area is 133 Å². The maximum absolute atomic E-state index is 12.8. The third kappa shape index (κ3) is 5.25. The average molecular weight is 304 g/mol. The van der Waals surface area contributed by atoms with Crippen LogP contribution in [0.2, 0.25) is 0 Å². The summed E-state index contributed by atoms with van der Waals surface area (Å²) in [6.45, 7) is 12.0. The molecule has 0 atom stereocenters. The number of aryl methyl sites for hydroxylation is 2. The Kier molecular flexibility index (Phi) is 6.73. The highest BCUT2D eigenvalue weighted by molar-refractivity contribution is 5.26. The second kappa shape index (κ2) is 8.07. The highest BCUT2D eigenvalue weighted by Gasteiger charge is 2.02. The van der Waals surface area contributed by atoms with Gasteiger partial charge in [0.2, 0.25) is 0 Å². The molecule has 0 fully saturated rings. The van der Waals surface area contributed by atoms with Crippen LogP contribution < -0.4 is 0 Å². The molecule has 2 aromatic carbocycles. The van der Waals surface area contributed by atoms with Gasteiger partial charge in [-0.05, 0) is 60.1 Å². The summed E-state index contributed by atoms with van der Waals surface area (Å²) in [6, 6.07) is 10.6. The average Bonchev–Trinajstić information content (AvgIpc) is 2.45. The predicted molar refractivity (Wildman–Crippen MR) is 90.5 cm³/mol. The van der Waals surface area contributed by atoms with Gasteiger partial charge in [-0.15, -0.1) is 0 Å². The Morgan fingerprint density at radius 2 is 0.955 bits per heavy atom. The van der Waals surface area contributed by atoms with E-state index in [1.807, 2.05) is 24.3 Å². The molecule has 22 heavy (non-hydrogen) atoms. The van der Waals surface area contributed by atoms with Gasteiger partial charge in [-0.1, -0.05) is 52.0 Å².